The molecule has 2 rings (SSSR count). The maximum absolute atomic E-state index is 12.0. The smallest absolute Gasteiger partial charge is 0.200 e. The molecule has 2 aromatic rings. The van der Waals surface area contributed by atoms with E-state index in [2.05, 4.69) is 0 Å². The molecule has 0 spiro atoms. The molecule has 2 N–H and O–H groups in total. The molecule has 1 atom stereocenters. The summed E-state index contributed by atoms with van der Waals surface area (Å²) in [5.41, 5.74) is 0. The van der Waals surface area contributed by atoms with E-state index in [1.54, 1.807) is 30.3 Å². The SMILES string of the molecule is [O-][S+](c1ccc(O)cc1)c1ccccc1O. The number of phenolic OH excluding ortho intramolecular Hbond substituents is 2. The lowest BCUT2D eigenvalue weighted by Crippen LogP contribution is -2.01. The number of rotatable bonds is 2. The summed E-state index contributed by atoms with van der Waals surface area (Å²) < 4.78 is 12.0. The van der Waals surface area contributed by atoms with Crippen LogP contribution in [0.2, 0.25) is 0 Å². The number of hydrogen-bond acceptors (Lipinski definition) is 3. The fourth-order valence-electron chi connectivity index (χ4n) is 1.31. The highest BCUT2D eigenvalue weighted by Gasteiger charge is 2.18. The minimum absolute atomic E-state index is 0.00825. The van der Waals surface area contributed by atoms with Gasteiger partial charge < -0.3 is 14.8 Å². The zero-order valence-electron chi connectivity index (χ0n) is 8.33. The van der Waals surface area contributed by atoms with Gasteiger partial charge in [0, 0.05) is 11.2 Å². The first-order valence-corrected chi connectivity index (χ1v) is 5.82. The average molecular weight is 234 g/mol. The normalized spacial score (nSPS) is 12.3. The van der Waals surface area contributed by atoms with E-state index in [-0.39, 0.29) is 11.5 Å². The van der Waals surface area contributed by atoms with Gasteiger partial charge in [0.15, 0.2) is 15.5 Å². The molecule has 3 nitrogen and oxygen atoms in total. The Labute approximate surface area is 96.2 Å². The van der Waals surface area contributed by atoms with Crippen molar-refractivity contribution in [1.29, 1.82) is 0 Å². The third kappa shape index (κ3) is 2.13. The van der Waals surface area contributed by atoms with Gasteiger partial charge in [0.1, 0.15) is 5.75 Å². The fraction of sp³-hybridized carbons (Fsp3) is 0. The predicted molar refractivity (Wildman–Crippen MR) is 60.9 cm³/mol. The summed E-state index contributed by atoms with van der Waals surface area (Å²) in [5.74, 6) is 0.131. The summed E-state index contributed by atoms with van der Waals surface area (Å²) in [7, 11) is 0. The largest absolute Gasteiger partial charge is 0.606 e. The molecule has 0 bridgehead atoms. The maximum Gasteiger partial charge on any atom is 0.200 e. The predicted octanol–water partition coefficient (Wildman–Crippen LogP) is 2.26. The monoisotopic (exact) mass is 234 g/mol. The Morgan fingerprint density at radius 3 is 2.12 bits per heavy atom. The summed E-state index contributed by atoms with van der Waals surface area (Å²) in [5, 5.41) is 18.7. The Kier molecular flexibility index (Phi) is 3.03. The van der Waals surface area contributed by atoms with Crippen molar-refractivity contribution in [3.63, 3.8) is 0 Å². The molecule has 0 amide bonds. The molecule has 0 aliphatic heterocycles. The number of hydrogen-bond donors (Lipinski definition) is 2. The van der Waals surface area contributed by atoms with E-state index in [0.717, 1.165) is 0 Å². The molecule has 0 heterocycles. The van der Waals surface area contributed by atoms with Crippen molar-refractivity contribution in [2.24, 2.45) is 0 Å². The van der Waals surface area contributed by atoms with E-state index in [4.69, 9.17) is 5.11 Å². The van der Waals surface area contributed by atoms with Crippen molar-refractivity contribution in [2.75, 3.05) is 0 Å². The zero-order chi connectivity index (χ0) is 11.5. The average Bonchev–Trinajstić information content (AvgIpc) is 2.30. The molecule has 0 aromatic heterocycles. The van der Waals surface area contributed by atoms with Crippen molar-refractivity contribution < 1.29 is 14.8 Å². The van der Waals surface area contributed by atoms with Crippen molar-refractivity contribution >= 4 is 11.2 Å². The molecule has 2 aromatic carbocycles. The molecule has 82 valence electrons. The summed E-state index contributed by atoms with van der Waals surface area (Å²) in [6.07, 6.45) is 0. The van der Waals surface area contributed by atoms with Gasteiger partial charge in [-0.1, -0.05) is 12.1 Å². The van der Waals surface area contributed by atoms with Gasteiger partial charge in [-0.3, -0.25) is 0 Å². The molecule has 4 heteroatoms. The Hall–Kier alpha value is -1.65. The van der Waals surface area contributed by atoms with Gasteiger partial charge in [-0.25, -0.2) is 0 Å². The van der Waals surface area contributed by atoms with E-state index in [9.17, 15) is 9.66 Å². The molecule has 1 unspecified atom stereocenters. The van der Waals surface area contributed by atoms with Gasteiger partial charge in [0.2, 0.25) is 0 Å². The van der Waals surface area contributed by atoms with Crippen molar-refractivity contribution in [3.05, 3.63) is 48.5 Å². The number of benzene rings is 2. The zero-order valence-corrected chi connectivity index (χ0v) is 9.15. The second-order valence-electron chi connectivity index (χ2n) is 3.23. The van der Waals surface area contributed by atoms with Crippen LogP contribution in [0.15, 0.2) is 58.3 Å². The molecule has 0 radical (unpaired) electrons. The molecular formula is C12H10O3S. The topological polar surface area (TPSA) is 63.5 Å². The molecule has 0 saturated carbocycles. The third-order valence-corrected chi connectivity index (χ3v) is 3.56. The van der Waals surface area contributed by atoms with Gasteiger partial charge in [-0.15, -0.1) is 0 Å². The van der Waals surface area contributed by atoms with Crippen LogP contribution in [0, 0.1) is 0 Å². The standard InChI is InChI=1S/C12H10O3S/c13-9-5-7-10(8-6-9)16(15)12-4-2-1-3-11(12)14/h1-8,13-14H. The van der Waals surface area contributed by atoms with Gasteiger partial charge >= 0.3 is 0 Å². The highest BCUT2D eigenvalue weighted by Crippen LogP contribution is 2.28. The van der Waals surface area contributed by atoms with Gasteiger partial charge in [-0.05, 0) is 36.4 Å². The van der Waals surface area contributed by atoms with Crippen LogP contribution >= 0.6 is 0 Å². The van der Waals surface area contributed by atoms with E-state index in [0.29, 0.717) is 9.79 Å². The first-order valence-electron chi connectivity index (χ1n) is 4.67. The van der Waals surface area contributed by atoms with Gasteiger partial charge in [0.25, 0.3) is 0 Å². The lowest BCUT2D eigenvalue weighted by molar-refractivity contribution is 0.458. The molecule has 0 saturated heterocycles. The van der Waals surface area contributed by atoms with Crippen molar-refractivity contribution in [2.45, 2.75) is 9.79 Å². The van der Waals surface area contributed by atoms with E-state index >= 15 is 0 Å². The highest BCUT2D eigenvalue weighted by atomic mass is 32.2. The molecule has 0 aliphatic carbocycles. The summed E-state index contributed by atoms with van der Waals surface area (Å²) in [6, 6.07) is 12.6. The minimum Gasteiger partial charge on any atom is -0.606 e. The van der Waals surface area contributed by atoms with E-state index in [1.165, 1.54) is 18.2 Å². The van der Waals surface area contributed by atoms with Gasteiger partial charge in [0.05, 0.1) is 0 Å². The molecule has 0 aliphatic rings. The van der Waals surface area contributed by atoms with E-state index in [1.807, 2.05) is 0 Å². The summed E-state index contributed by atoms with van der Waals surface area (Å²) >= 11 is -1.43. The minimum atomic E-state index is -1.43. The van der Waals surface area contributed by atoms with Crippen molar-refractivity contribution in [3.8, 4) is 11.5 Å². The number of para-hydroxylation sites is 1. The first-order chi connectivity index (χ1) is 7.68. The second kappa shape index (κ2) is 4.47. The summed E-state index contributed by atoms with van der Waals surface area (Å²) in [6.45, 7) is 0. The van der Waals surface area contributed by atoms with E-state index < -0.39 is 11.2 Å². The fourth-order valence-corrected chi connectivity index (χ4v) is 2.41. The van der Waals surface area contributed by atoms with Crippen LogP contribution in [0.3, 0.4) is 0 Å². The quantitative estimate of drug-likeness (QED) is 0.783. The van der Waals surface area contributed by atoms with Crippen LogP contribution in [0.1, 0.15) is 0 Å². The second-order valence-corrected chi connectivity index (χ2v) is 4.68. The van der Waals surface area contributed by atoms with Crippen molar-refractivity contribution in [1.82, 2.24) is 0 Å². The van der Waals surface area contributed by atoms with Crippen LogP contribution in [-0.2, 0) is 11.2 Å². The number of phenols is 2. The summed E-state index contributed by atoms with van der Waals surface area (Å²) in [4.78, 5) is 0.910. The Morgan fingerprint density at radius 2 is 1.50 bits per heavy atom. The van der Waals surface area contributed by atoms with Crippen LogP contribution in [0.25, 0.3) is 0 Å². The highest BCUT2D eigenvalue weighted by molar-refractivity contribution is 7.91. The van der Waals surface area contributed by atoms with Gasteiger partial charge in [-0.2, -0.15) is 0 Å². The van der Waals surface area contributed by atoms with Crippen LogP contribution in [-0.4, -0.2) is 14.8 Å². The Balaban J connectivity index is 2.35. The molecule has 0 fully saturated rings. The van der Waals surface area contributed by atoms with Crippen LogP contribution in [0.5, 0.6) is 11.5 Å². The first kappa shape index (κ1) is 10.9. The lowest BCUT2D eigenvalue weighted by atomic mass is 10.3. The lowest BCUT2D eigenvalue weighted by Gasteiger charge is -2.10. The Morgan fingerprint density at radius 1 is 0.875 bits per heavy atom. The number of aromatic hydroxyl groups is 2. The molecule has 16 heavy (non-hydrogen) atoms. The molecular weight excluding hydrogens is 224 g/mol. The van der Waals surface area contributed by atoms with Crippen LogP contribution in [0.4, 0.5) is 0 Å². The third-order valence-electron chi connectivity index (χ3n) is 2.12. The van der Waals surface area contributed by atoms with Crippen LogP contribution < -0.4 is 0 Å². The maximum atomic E-state index is 12.0. The Bertz CT molecular complexity index is 482.